The third kappa shape index (κ3) is 6.34. The van der Waals surface area contributed by atoms with Gasteiger partial charge in [-0.15, -0.1) is 0 Å². The highest BCUT2D eigenvalue weighted by Gasteiger charge is 2.30. The van der Waals surface area contributed by atoms with Gasteiger partial charge in [-0.05, 0) is 48.2 Å². The summed E-state index contributed by atoms with van der Waals surface area (Å²) < 4.78 is 10.8. The van der Waals surface area contributed by atoms with Gasteiger partial charge in [0.2, 0.25) is 18.6 Å². The number of nitrogens with zero attached hydrogens (tertiary/aromatic N) is 1. The molecule has 0 radical (unpaired) electrons. The van der Waals surface area contributed by atoms with Gasteiger partial charge in [-0.1, -0.05) is 66.2 Å². The molecule has 0 aromatic heterocycles. The van der Waals surface area contributed by atoms with Crippen LogP contribution in [0.25, 0.3) is 0 Å². The zero-order chi connectivity index (χ0) is 24.6. The van der Waals surface area contributed by atoms with Crippen molar-refractivity contribution in [3.63, 3.8) is 0 Å². The van der Waals surface area contributed by atoms with Gasteiger partial charge < -0.3 is 19.7 Å². The van der Waals surface area contributed by atoms with Crippen molar-refractivity contribution in [2.24, 2.45) is 0 Å². The Labute approximate surface area is 210 Å². The maximum absolute atomic E-state index is 13.7. The highest BCUT2D eigenvalue weighted by molar-refractivity contribution is 6.31. The summed E-state index contributed by atoms with van der Waals surface area (Å²) in [5.74, 6) is 1.10. The first-order chi connectivity index (χ1) is 17.0. The summed E-state index contributed by atoms with van der Waals surface area (Å²) in [5, 5.41) is 3.47. The minimum absolute atomic E-state index is 0.116. The molecule has 1 heterocycles. The van der Waals surface area contributed by atoms with E-state index in [1.807, 2.05) is 73.7 Å². The van der Waals surface area contributed by atoms with Gasteiger partial charge in [-0.2, -0.15) is 0 Å². The lowest BCUT2D eigenvalue weighted by Gasteiger charge is -2.32. The Morgan fingerprint density at radius 3 is 2.49 bits per heavy atom. The summed E-state index contributed by atoms with van der Waals surface area (Å²) >= 11 is 6.44. The molecule has 182 valence electrons. The van der Waals surface area contributed by atoms with Crippen molar-refractivity contribution in [1.82, 2.24) is 10.2 Å². The van der Waals surface area contributed by atoms with E-state index in [4.69, 9.17) is 21.1 Å². The first-order valence-corrected chi connectivity index (χ1v) is 12.2. The molecule has 1 unspecified atom stereocenters. The topological polar surface area (TPSA) is 67.9 Å². The Bertz CT molecular complexity index is 1170. The van der Waals surface area contributed by atoms with Crippen molar-refractivity contribution >= 4 is 23.4 Å². The molecular formula is C28H29ClN2O4. The predicted molar refractivity (Wildman–Crippen MR) is 136 cm³/mol. The Morgan fingerprint density at radius 2 is 1.71 bits per heavy atom. The van der Waals surface area contributed by atoms with Crippen LogP contribution in [-0.2, 0) is 29.0 Å². The second kappa shape index (κ2) is 11.8. The van der Waals surface area contributed by atoms with E-state index in [2.05, 4.69) is 5.32 Å². The Kier molecular flexibility index (Phi) is 8.27. The lowest BCUT2D eigenvalue weighted by Crippen LogP contribution is -2.50. The minimum atomic E-state index is -0.669. The predicted octanol–water partition coefficient (Wildman–Crippen LogP) is 4.78. The maximum atomic E-state index is 13.7. The summed E-state index contributed by atoms with van der Waals surface area (Å²) in [7, 11) is 0. The van der Waals surface area contributed by atoms with E-state index in [9.17, 15) is 9.59 Å². The number of ether oxygens (including phenoxy) is 2. The number of benzene rings is 3. The van der Waals surface area contributed by atoms with Crippen molar-refractivity contribution in [2.45, 2.75) is 38.8 Å². The number of aryl methyl sites for hydroxylation is 1. The molecule has 0 fully saturated rings. The Balaban J connectivity index is 1.59. The number of carbonyl (C=O) groups is 2. The Morgan fingerprint density at radius 1 is 0.971 bits per heavy atom. The van der Waals surface area contributed by atoms with Gasteiger partial charge in [0, 0.05) is 31.0 Å². The smallest absolute Gasteiger partial charge is 0.243 e. The number of carbonyl (C=O) groups excluding carboxylic acids is 2. The van der Waals surface area contributed by atoms with Crippen molar-refractivity contribution in [3.05, 3.63) is 94.5 Å². The molecule has 1 aliphatic heterocycles. The molecule has 1 N–H and O–H groups in total. The molecule has 0 saturated carbocycles. The molecule has 1 aliphatic rings. The van der Waals surface area contributed by atoms with Crippen LogP contribution in [-0.4, -0.2) is 36.1 Å². The van der Waals surface area contributed by atoms with E-state index in [1.54, 1.807) is 11.0 Å². The van der Waals surface area contributed by atoms with Crippen molar-refractivity contribution in [3.8, 4) is 11.5 Å². The molecule has 7 heteroatoms. The summed E-state index contributed by atoms with van der Waals surface area (Å²) in [4.78, 5) is 28.5. The van der Waals surface area contributed by atoms with E-state index in [1.165, 1.54) is 0 Å². The van der Waals surface area contributed by atoms with Gasteiger partial charge in [0.05, 0.1) is 0 Å². The van der Waals surface area contributed by atoms with Gasteiger partial charge >= 0.3 is 0 Å². The first-order valence-electron chi connectivity index (χ1n) is 11.8. The standard InChI is InChI=1S/C28H29ClN2O4/c1-2-30-28(33)24(16-20-8-4-3-5-9-20)31(18-22-10-6-7-11-23(22)29)27(32)15-13-21-12-14-25-26(17-21)35-19-34-25/h3-12,14,17,24H,2,13,15-16,18-19H2,1H3,(H,30,33). The van der Waals surface area contributed by atoms with Gasteiger partial charge in [-0.25, -0.2) is 0 Å². The number of halogens is 1. The maximum Gasteiger partial charge on any atom is 0.243 e. The zero-order valence-electron chi connectivity index (χ0n) is 19.7. The molecule has 3 aromatic carbocycles. The fourth-order valence-electron chi connectivity index (χ4n) is 4.15. The third-order valence-electron chi connectivity index (χ3n) is 5.99. The number of amides is 2. The highest BCUT2D eigenvalue weighted by atomic mass is 35.5. The monoisotopic (exact) mass is 492 g/mol. The van der Waals surface area contributed by atoms with Crippen LogP contribution < -0.4 is 14.8 Å². The lowest BCUT2D eigenvalue weighted by atomic mass is 10.0. The molecule has 35 heavy (non-hydrogen) atoms. The van der Waals surface area contributed by atoms with Crippen LogP contribution in [0.15, 0.2) is 72.8 Å². The van der Waals surface area contributed by atoms with E-state index in [0.717, 1.165) is 16.7 Å². The molecule has 0 spiro atoms. The van der Waals surface area contributed by atoms with Crippen LogP contribution in [0.4, 0.5) is 0 Å². The van der Waals surface area contributed by atoms with Crippen molar-refractivity contribution in [2.75, 3.05) is 13.3 Å². The fraction of sp³-hybridized carbons (Fsp3) is 0.286. The molecule has 1 atom stereocenters. The summed E-state index contributed by atoms with van der Waals surface area (Å²) in [5.41, 5.74) is 2.75. The SMILES string of the molecule is CCNC(=O)C(Cc1ccccc1)N(Cc1ccccc1Cl)C(=O)CCc1ccc2c(c1)OCO2. The number of nitrogens with one attached hydrogen (secondary N) is 1. The van der Waals surface area contributed by atoms with E-state index < -0.39 is 6.04 Å². The second-order valence-electron chi connectivity index (χ2n) is 8.40. The second-order valence-corrected chi connectivity index (χ2v) is 8.81. The van der Waals surface area contributed by atoms with Crippen molar-refractivity contribution < 1.29 is 19.1 Å². The number of likely N-dealkylation sites (N-methyl/N-ethyl adjacent to an activating group) is 1. The van der Waals surface area contributed by atoms with Gasteiger partial charge in [0.25, 0.3) is 0 Å². The summed E-state index contributed by atoms with van der Waals surface area (Å²) in [6, 6.07) is 22.2. The minimum Gasteiger partial charge on any atom is -0.454 e. The van der Waals surface area contributed by atoms with Gasteiger partial charge in [0.1, 0.15) is 6.04 Å². The Hall–Kier alpha value is -3.51. The van der Waals surface area contributed by atoms with E-state index in [-0.39, 0.29) is 31.6 Å². The molecule has 2 amide bonds. The molecule has 0 saturated heterocycles. The average molecular weight is 493 g/mol. The van der Waals surface area contributed by atoms with Crippen LogP contribution in [0.3, 0.4) is 0 Å². The van der Waals surface area contributed by atoms with Gasteiger partial charge in [-0.3, -0.25) is 9.59 Å². The summed E-state index contributed by atoms with van der Waals surface area (Å²) in [6.45, 7) is 2.80. The van der Waals surface area contributed by atoms with Crippen LogP contribution in [0.5, 0.6) is 11.5 Å². The molecule has 3 aromatic rings. The van der Waals surface area contributed by atoms with Crippen LogP contribution in [0.2, 0.25) is 5.02 Å². The van der Waals surface area contributed by atoms with E-state index in [0.29, 0.717) is 35.9 Å². The molecule has 4 rings (SSSR count). The van der Waals surface area contributed by atoms with Crippen molar-refractivity contribution in [1.29, 1.82) is 0 Å². The third-order valence-corrected chi connectivity index (χ3v) is 6.35. The largest absolute Gasteiger partial charge is 0.454 e. The van der Waals surface area contributed by atoms with Gasteiger partial charge in [0.15, 0.2) is 11.5 Å². The number of hydrogen-bond acceptors (Lipinski definition) is 4. The summed E-state index contributed by atoms with van der Waals surface area (Å²) in [6.07, 6.45) is 1.17. The molecule has 0 bridgehead atoms. The fourth-order valence-corrected chi connectivity index (χ4v) is 4.34. The number of rotatable bonds is 10. The van der Waals surface area contributed by atoms with E-state index >= 15 is 0 Å². The molecule has 0 aliphatic carbocycles. The highest BCUT2D eigenvalue weighted by Crippen LogP contribution is 2.33. The normalized spacial score (nSPS) is 12.7. The van der Waals surface area contributed by atoms with Crippen LogP contribution >= 0.6 is 11.6 Å². The quantitative estimate of drug-likeness (QED) is 0.442. The molecular weight excluding hydrogens is 464 g/mol. The number of hydrogen-bond donors (Lipinski definition) is 1. The van der Waals surface area contributed by atoms with Crippen LogP contribution in [0.1, 0.15) is 30.0 Å². The van der Waals surface area contributed by atoms with Crippen LogP contribution in [0, 0.1) is 0 Å². The first kappa shape index (κ1) is 24.6. The average Bonchev–Trinajstić information content (AvgIpc) is 3.34. The molecule has 6 nitrogen and oxygen atoms in total. The zero-order valence-corrected chi connectivity index (χ0v) is 20.5. The number of fused-ring (bicyclic) bond motifs is 1. The lowest BCUT2D eigenvalue weighted by molar-refractivity contribution is -0.141.